The monoisotopic (exact) mass is 486 g/mol. The Balaban J connectivity index is 1.32. The zero-order valence-corrected chi connectivity index (χ0v) is 20.8. The smallest absolute Gasteiger partial charge is 0.228 e. The molecule has 5 rings (SSSR count). The van der Waals surface area contributed by atoms with E-state index in [4.69, 9.17) is 10.00 Å². The normalized spacial score (nSPS) is 26.8. The predicted octanol–water partition coefficient (Wildman–Crippen LogP) is 3.81. The molecule has 0 aromatic heterocycles. The molecule has 2 amide bonds. The Labute approximate surface area is 212 Å². The molecular formula is C29H34N4O3. The summed E-state index contributed by atoms with van der Waals surface area (Å²) in [5.74, 6) is 0.149. The number of amides is 2. The molecule has 0 radical (unpaired) electrons. The molecule has 0 spiro atoms. The number of nitrogens with one attached hydrogen (secondary N) is 2. The van der Waals surface area contributed by atoms with E-state index in [1.54, 1.807) is 25.3 Å². The molecule has 36 heavy (non-hydrogen) atoms. The molecule has 5 atom stereocenters. The minimum Gasteiger partial charge on any atom is -0.383 e. The van der Waals surface area contributed by atoms with Gasteiger partial charge in [0.15, 0.2) is 0 Å². The van der Waals surface area contributed by atoms with Gasteiger partial charge in [-0.15, -0.1) is 0 Å². The van der Waals surface area contributed by atoms with Gasteiger partial charge in [0.2, 0.25) is 11.8 Å². The van der Waals surface area contributed by atoms with Crippen molar-refractivity contribution >= 4 is 17.5 Å². The molecule has 7 heteroatoms. The van der Waals surface area contributed by atoms with Crippen LogP contribution in [-0.4, -0.2) is 49.1 Å². The second-order valence-electron chi connectivity index (χ2n) is 10.3. The predicted molar refractivity (Wildman–Crippen MR) is 137 cm³/mol. The van der Waals surface area contributed by atoms with Crippen LogP contribution in [0.2, 0.25) is 0 Å². The summed E-state index contributed by atoms with van der Waals surface area (Å²) in [5.41, 5.74) is 3.61. The number of para-hydroxylation sites is 1. The van der Waals surface area contributed by atoms with Gasteiger partial charge in [-0.1, -0.05) is 43.2 Å². The number of ether oxygens (including phenoxy) is 1. The fourth-order valence-corrected chi connectivity index (χ4v) is 6.43. The first-order valence-corrected chi connectivity index (χ1v) is 13.0. The molecule has 2 fully saturated rings. The lowest BCUT2D eigenvalue weighted by molar-refractivity contribution is -0.139. The number of hydrogen-bond donors (Lipinski definition) is 2. The van der Waals surface area contributed by atoms with Crippen LogP contribution in [0.15, 0.2) is 48.5 Å². The minimum atomic E-state index is -0.213. The van der Waals surface area contributed by atoms with Crippen molar-refractivity contribution in [3.63, 3.8) is 0 Å². The third kappa shape index (κ3) is 4.83. The summed E-state index contributed by atoms with van der Waals surface area (Å²) in [5, 5.41) is 16.0. The maximum Gasteiger partial charge on any atom is 0.228 e. The number of rotatable bonds is 6. The van der Waals surface area contributed by atoms with Crippen LogP contribution in [0.4, 0.5) is 5.69 Å². The Morgan fingerprint density at radius 1 is 1.14 bits per heavy atom. The van der Waals surface area contributed by atoms with Crippen molar-refractivity contribution in [1.29, 1.82) is 5.26 Å². The molecule has 1 saturated heterocycles. The second kappa shape index (κ2) is 10.7. The van der Waals surface area contributed by atoms with Crippen LogP contribution < -0.4 is 10.6 Å². The average Bonchev–Trinajstić information content (AvgIpc) is 3.35. The van der Waals surface area contributed by atoms with E-state index in [-0.39, 0.29) is 42.3 Å². The molecule has 1 saturated carbocycles. The Morgan fingerprint density at radius 3 is 2.81 bits per heavy atom. The van der Waals surface area contributed by atoms with Gasteiger partial charge >= 0.3 is 0 Å². The Bertz CT molecular complexity index is 1160. The molecule has 2 N–H and O–H groups in total. The van der Waals surface area contributed by atoms with E-state index in [1.165, 1.54) is 5.56 Å². The lowest BCUT2D eigenvalue weighted by Crippen LogP contribution is -2.51. The number of anilines is 1. The molecule has 2 aromatic carbocycles. The van der Waals surface area contributed by atoms with Gasteiger partial charge in [0.1, 0.15) is 0 Å². The first-order chi connectivity index (χ1) is 17.6. The van der Waals surface area contributed by atoms with Gasteiger partial charge in [-0.3, -0.25) is 9.59 Å². The SMILES string of the molecule is COC[C@@H]1Nc2ccccc2[C@H]2[C@@H]1CCN2C(=O)[C@H]1CCCC[C@H]1NC(=O)Cc1cccc(C#N)c1. The standard InChI is InChI=1S/C29H34N4O3/c1-36-18-26-22-13-14-33(28(22)21-9-2-4-11-24(21)31-26)29(35)23-10-3-5-12-25(23)32-27(34)16-19-7-6-8-20(15-19)17-30/h2,4,6-9,11,15,22-23,25-26,28,31H,3,5,10,12-14,16,18H2,1H3,(H,32,34)/t22-,23+,25-,26+,28+/m1/s1. The summed E-state index contributed by atoms with van der Waals surface area (Å²) in [6.07, 6.45) is 4.76. The molecule has 1 aliphatic carbocycles. The Kier molecular flexibility index (Phi) is 7.24. The van der Waals surface area contributed by atoms with Gasteiger partial charge in [0.25, 0.3) is 0 Å². The quantitative estimate of drug-likeness (QED) is 0.648. The summed E-state index contributed by atoms with van der Waals surface area (Å²) in [6.45, 7) is 1.33. The molecule has 188 valence electrons. The van der Waals surface area contributed by atoms with E-state index in [1.807, 2.05) is 18.2 Å². The molecule has 2 aliphatic heterocycles. The molecular weight excluding hydrogens is 452 g/mol. The summed E-state index contributed by atoms with van der Waals surface area (Å²) in [7, 11) is 1.72. The maximum absolute atomic E-state index is 14.1. The summed E-state index contributed by atoms with van der Waals surface area (Å²) < 4.78 is 5.51. The number of carbonyl (C=O) groups is 2. The van der Waals surface area contributed by atoms with E-state index in [9.17, 15) is 9.59 Å². The Morgan fingerprint density at radius 2 is 1.97 bits per heavy atom. The van der Waals surface area contributed by atoms with Crippen molar-refractivity contribution in [1.82, 2.24) is 10.2 Å². The van der Waals surface area contributed by atoms with E-state index in [0.717, 1.165) is 49.9 Å². The lowest BCUT2D eigenvalue weighted by Gasteiger charge is -2.41. The number of nitriles is 1. The molecule has 3 aliphatic rings. The van der Waals surface area contributed by atoms with Crippen LogP contribution in [0.3, 0.4) is 0 Å². The van der Waals surface area contributed by atoms with Crippen LogP contribution in [0, 0.1) is 23.2 Å². The van der Waals surface area contributed by atoms with Gasteiger partial charge in [-0.25, -0.2) is 0 Å². The third-order valence-corrected chi connectivity index (χ3v) is 8.06. The topological polar surface area (TPSA) is 94.5 Å². The summed E-state index contributed by atoms with van der Waals surface area (Å²) >= 11 is 0. The van der Waals surface area contributed by atoms with Crippen molar-refractivity contribution in [2.75, 3.05) is 25.6 Å². The minimum absolute atomic E-state index is 0.0297. The highest BCUT2D eigenvalue weighted by Crippen LogP contribution is 2.47. The number of benzene rings is 2. The zero-order valence-electron chi connectivity index (χ0n) is 20.8. The summed E-state index contributed by atoms with van der Waals surface area (Å²) in [4.78, 5) is 29.1. The molecule has 2 aromatic rings. The largest absolute Gasteiger partial charge is 0.383 e. The van der Waals surface area contributed by atoms with Gasteiger partial charge in [-0.05, 0) is 48.6 Å². The van der Waals surface area contributed by atoms with E-state index < -0.39 is 0 Å². The number of carbonyl (C=O) groups excluding carboxylic acids is 2. The highest BCUT2D eigenvalue weighted by Gasteiger charge is 2.48. The van der Waals surface area contributed by atoms with Crippen LogP contribution in [-0.2, 0) is 20.7 Å². The third-order valence-electron chi connectivity index (χ3n) is 8.06. The molecule has 7 nitrogen and oxygen atoms in total. The number of fused-ring (bicyclic) bond motifs is 3. The number of methoxy groups -OCH3 is 1. The van der Waals surface area contributed by atoms with Crippen molar-refractivity contribution in [2.45, 2.75) is 56.7 Å². The van der Waals surface area contributed by atoms with Gasteiger partial charge in [0.05, 0.1) is 42.7 Å². The number of hydrogen-bond acceptors (Lipinski definition) is 5. The Hall–Kier alpha value is -3.37. The van der Waals surface area contributed by atoms with Crippen molar-refractivity contribution < 1.29 is 14.3 Å². The summed E-state index contributed by atoms with van der Waals surface area (Å²) in [6, 6.07) is 17.6. The first-order valence-electron chi connectivity index (χ1n) is 13.0. The van der Waals surface area contributed by atoms with Crippen molar-refractivity contribution in [3.8, 4) is 6.07 Å². The van der Waals surface area contributed by atoms with Gasteiger partial charge < -0.3 is 20.3 Å². The van der Waals surface area contributed by atoms with Crippen LogP contribution in [0.25, 0.3) is 0 Å². The molecule has 2 heterocycles. The van der Waals surface area contributed by atoms with Crippen LogP contribution in [0.5, 0.6) is 0 Å². The van der Waals surface area contributed by atoms with Crippen molar-refractivity contribution in [2.24, 2.45) is 11.8 Å². The average molecular weight is 487 g/mol. The second-order valence-corrected chi connectivity index (χ2v) is 10.3. The van der Waals surface area contributed by atoms with Crippen molar-refractivity contribution in [3.05, 3.63) is 65.2 Å². The number of likely N-dealkylation sites (tertiary alicyclic amines) is 1. The lowest BCUT2D eigenvalue weighted by atomic mass is 9.81. The van der Waals surface area contributed by atoms with E-state index in [0.29, 0.717) is 18.1 Å². The van der Waals surface area contributed by atoms with E-state index >= 15 is 0 Å². The van der Waals surface area contributed by atoms with Crippen LogP contribution in [0.1, 0.15) is 54.8 Å². The van der Waals surface area contributed by atoms with Gasteiger partial charge in [-0.2, -0.15) is 5.26 Å². The highest BCUT2D eigenvalue weighted by molar-refractivity contribution is 5.83. The highest BCUT2D eigenvalue weighted by atomic mass is 16.5. The zero-order chi connectivity index (χ0) is 25.1. The maximum atomic E-state index is 14.1. The van der Waals surface area contributed by atoms with E-state index in [2.05, 4.69) is 33.7 Å². The molecule has 0 unspecified atom stereocenters. The number of nitrogens with zero attached hydrogens (tertiary/aromatic N) is 2. The molecule has 0 bridgehead atoms. The first kappa shape index (κ1) is 24.3. The fourth-order valence-electron chi connectivity index (χ4n) is 6.43. The van der Waals surface area contributed by atoms with Crippen LogP contribution >= 0.6 is 0 Å². The fraction of sp³-hybridized carbons (Fsp3) is 0.483. The van der Waals surface area contributed by atoms with Gasteiger partial charge in [0, 0.05) is 31.3 Å².